The molecule has 2 heterocycles. The maximum absolute atomic E-state index is 11.5. The molecule has 0 atom stereocenters. The van der Waals surface area contributed by atoms with Crippen LogP contribution in [0.5, 0.6) is 0 Å². The van der Waals surface area contributed by atoms with E-state index >= 15 is 0 Å². The van der Waals surface area contributed by atoms with Gasteiger partial charge < -0.3 is 4.55 Å². The van der Waals surface area contributed by atoms with Crippen molar-refractivity contribution >= 4 is 32.4 Å². The van der Waals surface area contributed by atoms with Gasteiger partial charge in [-0.05, 0) is 55.0 Å². The zero-order valence-electron chi connectivity index (χ0n) is 17.9. The van der Waals surface area contributed by atoms with Gasteiger partial charge in [0, 0.05) is 30.4 Å². The molecular formula is C25H27NO4S. The van der Waals surface area contributed by atoms with Gasteiger partial charge in [-0.15, -0.1) is 0 Å². The van der Waals surface area contributed by atoms with Crippen molar-refractivity contribution in [2.75, 3.05) is 19.6 Å². The molecule has 0 spiro atoms. The second kappa shape index (κ2) is 8.19. The van der Waals surface area contributed by atoms with E-state index in [4.69, 9.17) is 0 Å². The van der Waals surface area contributed by atoms with E-state index in [1.807, 2.05) is 19.1 Å². The van der Waals surface area contributed by atoms with Gasteiger partial charge in [0.15, 0.2) is 5.78 Å². The van der Waals surface area contributed by atoms with E-state index in [1.54, 1.807) is 19.1 Å². The fraction of sp³-hybridized carbons (Fsp3) is 0.320. The number of benzene rings is 3. The predicted octanol–water partition coefficient (Wildman–Crippen LogP) is 4.67. The van der Waals surface area contributed by atoms with Crippen molar-refractivity contribution < 1.29 is 17.8 Å². The third-order valence-electron chi connectivity index (χ3n) is 6.63. The molecule has 31 heavy (non-hydrogen) atoms. The van der Waals surface area contributed by atoms with Crippen molar-refractivity contribution in [3.8, 4) is 0 Å². The largest absolute Gasteiger partial charge is 0.744 e. The number of piperidine rings is 1. The van der Waals surface area contributed by atoms with Crippen molar-refractivity contribution in [1.82, 2.24) is 4.48 Å². The van der Waals surface area contributed by atoms with E-state index < -0.39 is 10.1 Å². The zero-order chi connectivity index (χ0) is 22.2. The number of rotatable bonds is 3. The Labute approximate surface area is 183 Å². The summed E-state index contributed by atoms with van der Waals surface area (Å²) in [4.78, 5) is 11.3. The van der Waals surface area contributed by atoms with Crippen LogP contribution in [0.25, 0.3) is 10.8 Å². The van der Waals surface area contributed by atoms with Crippen LogP contribution in [-0.2, 0) is 10.1 Å². The minimum Gasteiger partial charge on any atom is -0.744 e. The number of hydrogen-bond acceptors (Lipinski definition) is 4. The van der Waals surface area contributed by atoms with Crippen LogP contribution in [0.1, 0.15) is 35.7 Å². The summed E-state index contributed by atoms with van der Waals surface area (Å²) in [6, 6.07) is 18.6. The standard InChI is InChI=1S/C18H20NO.C7H8O3S/c1-13(20)15-2-3-17-11-18(5-4-16(17)10-15)19-8-6-14(12-19)7-9-19;1-6-2-4-7(5-3-6)11(8,9)10/h2-5,10-11,14H,6-9,12H2,1H3;2-5H,1H3,(H,8,9,10)/q+1;/p-1. The first-order chi connectivity index (χ1) is 14.7. The number of carbonyl (C=O) groups excluding carboxylic acids is 1. The van der Waals surface area contributed by atoms with Gasteiger partial charge in [0.25, 0.3) is 0 Å². The number of ketones is 1. The summed E-state index contributed by atoms with van der Waals surface area (Å²) in [5.74, 6) is 1.09. The van der Waals surface area contributed by atoms with Crippen LogP contribution in [0.4, 0.5) is 5.69 Å². The predicted molar refractivity (Wildman–Crippen MR) is 122 cm³/mol. The SMILES string of the molecule is CC(=O)c1ccc2cc([N+]34CCC(CC3)C4)ccc2c1.Cc1ccc(S(=O)(=O)[O-])cc1. The first kappa shape index (κ1) is 21.7. The molecule has 5 rings (SSSR count). The van der Waals surface area contributed by atoms with Crippen LogP contribution in [0.3, 0.4) is 0 Å². The summed E-state index contributed by atoms with van der Waals surface area (Å²) in [5, 5.41) is 2.44. The number of fused-ring (bicyclic) bond motifs is 3. The lowest BCUT2D eigenvalue weighted by Crippen LogP contribution is -2.44. The quantitative estimate of drug-likeness (QED) is 0.339. The van der Waals surface area contributed by atoms with Crippen LogP contribution in [-0.4, -0.2) is 38.4 Å². The molecule has 0 saturated carbocycles. The first-order valence-corrected chi connectivity index (χ1v) is 12.0. The Balaban J connectivity index is 0.000000180. The lowest BCUT2D eigenvalue weighted by molar-refractivity contribution is 0.101. The van der Waals surface area contributed by atoms with Crippen molar-refractivity contribution in [3.63, 3.8) is 0 Å². The highest BCUT2D eigenvalue weighted by Gasteiger charge is 2.46. The second-order valence-corrected chi connectivity index (χ2v) is 10.2. The Morgan fingerprint density at radius 1 is 0.935 bits per heavy atom. The summed E-state index contributed by atoms with van der Waals surface area (Å²) < 4.78 is 32.4. The van der Waals surface area contributed by atoms with E-state index in [0.717, 1.165) is 17.0 Å². The molecule has 2 bridgehead atoms. The van der Waals surface area contributed by atoms with Gasteiger partial charge in [0.05, 0.1) is 24.5 Å². The lowest BCUT2D eigenvalue weighted by Gasteiger charge is -2.31. The number of hydrogen-bond donors (Lipinski definition) is 0. The number of quaternary nitrogens is 1. The Hall–Kier alpha value is -2.54. The van der Waals surface area contributed by atoms with Gasteiger partial charge >= 0.3 is 0 Å². The summed E-state index contributed by atoms with van der Waals surface area (Å²) in [6.07, 6.45) is 2.78. The number of nitrogens with zero attached hydrogens (tertiary/aromatic N) is 1. The van der Waals surface area contributed by atoms with E-state index in [1.165, 1.54) is 65.6 Å². The Morgan fingerprint density at radius 3 is 2.10 bits per heavy atom. The Morgan fingerprint density at radius 2 is 1.55 bits per heavy atom. The van der Waals surface area contributed by atoms with Crippen molar-refractivity contribution in [1.29, 1.82) is 0 Å². The highest BCUT2D eigenvalue weighted by molar-refractivity contribution is 7.85. The molecule has 3 aromatic carbocycles. The van der Waals surface area contributed by atoms with Crippen LogP contribution < -0.4 is 4.48 Å². The van der Waals surface area contributed by atoms with Crippen molar-refractivity contribution in [2.24, 2.45) is 5.92 Å². The molecule has 162 valence electrons. The number of aryl methyl sites for hydroxylation is 1. The van der Waals surface area contributed by atoms with Crippen molar-refractivity contribution in [2.45, 2.75) is 31.6 Å². The average molecular weight is 438 g/mol. The third kappa shape index (κ3) is 4.56. The summed E-state index contributed by atoms with van der Waals surface area (Å²) in [5.41, 5.74) is 3.20. The summed E-state index contributed by atoms with van der Waals surface area (Å²) in [7, 11) is -4.27. The topological polar surface area (TPSA) is 74.3 Å². The van der Waals surface area contributed by atoms with Gasteiger partial charge in [-0.3, -0.25) is 9.28 Å². The fourth-order valence-corrected chi connectivity index (χ4v) is 5.26. The second-order valence-electron chi connectivity index (χ2n) is 8.79. The molecule has 2 fully saturated rings. The smallest absolute Gasteiger partial charge is 0.159 e. The molecule has 3 aromatic rings. The molecule has 0 aliphatic carbocycles. The van der Waals surface area contributed by atoms with Gasteiger partial charge in [-0.25, -0.2) is 8.42 Å². The first-order valence-electron chi connectivity index (χ1n) is 10.6. The van der Waals surface area contributed by atoms with Crippen LogP contribution in [0.15, 0.2) is 65.6 Å². The normalized spacial score (nSPS) is 22.2. The van der Waals surface area contributed by atoms with Gasteiger partial charge in [0.1, 0.15) is 15.8 Å². The van der Waals surface area contributed by atoms with Gasteiger partial charge in [0.2, 0.25) is 0 Å². The monoisotopic (exact) mass is 437 g/mol. The molecule has 0 N–H and O–H groups in total. The molecule has 2 saturated heterocycles. The molecule has 0 amide bonds. The molecular weight excluding hydrogens is 410 g/mol. The van der Waals surface area contributed by atoms with Crippen molar-refractivity contribution in [3.05, 3.63) is 71.8 Å². The summed E-state index contributed by atoms with van der Waals surface area (Å²) in [6.45, 7) is 7.39. The Kier molecular flexibility index (Phi) is 5.73. The lowest BCUT2D eigenvalue weighted by atomic mass is 10.0. The molecule has 0 radical (unpaired) electrons. The van der Waals surface area contributed by atoms with E-state index in [2.05, 4.69) is 24.3 Å². The van der Waals surface area contributed by atoms with Gasteiger partial charge in [-0.2, -0.15) is 0 Å². The van der Waals surface area contributed by atoms with Crippen LogP contribution in [0, 0.1) is 12.8 Å². The fourth-order valence-electron chi connectivity index (χ4n) is 4.79. The zero-order valence-corrected chi connectivity index (χ0v) is 18.7. The van der Waals surface area contributed by atoms with E-state index in [9.17, 15) is 17.8 Å². The minimum absolute atomic E-state index is 0.139. The minimum atomic E-state index is -4.27. The maximum Gasteiger partial charge on any atom is 0.159 e. The molecule has 6 heteroatoms. The molecule has 0 aromatic heterocycles. The van der Waals surface area contributed by atoms with E-state index in [-0.39, 0.29) is 10.7 Å². The van der Waals surface area contributed by atoms with Crippen LogP contribution in [0.2, 0.25) is 0 Å². The highest BCUT2D eigenvalue weighted by Crippen LogP contribution is 2.41. The van der Waals surface area contributed by atoms with E-state index in [0.29, 0.717) is 0 Å². The number of Topliss-reactive ketones (excluding diaryl/α,β-unsaturated/α-hetero) is 1. The number of carbonyl (C=O) groups is 1. The molecule has 5 nitrogen and oxygen atoms in total. The molecule has 2 aliphatic heterocycles. The average Bonchev–Trinajstić information content (AvgIpc) is 3.36. The maximum atomic E-state index is 11.5. The summed E-state index contributed by atoms with van der Waals surface area (Å²) >= 11 is 0. The van der Waals surface area contributed by atoms with Gasteiger partial charge in [-0.1, -0.05) is 29.8 Å². The highest BCUT2D eigenvalue weighted by atomic mass is 32.2. The Bertz CT molecular complexity index is 1220. The molecule has 0 unspecified atom stereocenters. The molecule has 2 aliphatic rings. The van der Waals surface area contributed by atoms with Crippen LogP contribution >= 0.6 is 0 Å². The third-order valence-corrected chi connectivity index (χ3v) is 7.48.